The monoisotopic (exact) mass is 254 g/mol. The van der Waals surface area contributed by atoms with Crippen LogP contribution in [-0.4, -0.2) is 16.1 Å². The Bertz CT molecular complexity index is 519. The molecule has 0 spiro atoms. The minimum atomic E-state index is -1.02. The number of halogens is 1. The van der Waals surface area contributed by atoms with E-state index in [0.29, 0.717) is 10.9 Å². The number of hydrogen-bond donors (Lipinski definition) is 3. The molecule has 2 rings (SSSR count). The number of rotatable bonds is 1. The van der Waals surface area contributed by atoms with Crippen molar-refractivity contribution in [3.8, 4) is 0 Å². The van der Waals surface area contributed by atoms with Crippen molar-refractivity contribution in [3.05, 3.63) is 28.2 Å². The highest BCUT2D eigenvalue weighted by Gasteiger charge is 2.15. The van der Waals surface area contributed by atoms with Gasteiger partial charge in [-0.15, -0.1) is 0 Å². The van der Waals surface area contributed by atoms with Gasteiger partial charge in [0.1, 0.15) is 11.4 Å². The standard InChI is InChI=1S/C9H7BrN2O2/c10-4-1-2-5-6(3-4)12-8(11)7(5)9(13)14/h1-3,12H,11H2,(H,13,14). The quantitative estimate of drug-likeness (QED) is 0.730. The number of benzene rings is 1. The van der Waals surface area contributed by atoms with E-state index in [9.17, 15) is 4.79 Å². The Morgan fingerprint density at radius 2 is 2.21 bits per heavy atom. The minimum Gasteiger partial charge on any atom is -0.478 e. The van der Waals surface area contributed by atoms with Crippen molar-refractivity contribution in [2.75, 3.05) is 5.73 Å². The molecule has 0 atom stereocenters. The van der Waals surface area contributed by atoms with Gasteiger partial charge in [0.05, 0.1) is 0 Å². The van der Waals surface area contributed by atoms with Gasteiger partial charge in [-0.2, -0.15) is 0 Å². The van der Waals surface area contributed by atoms with Gasteiger partial charge in [-0.1, -0.05) is 22.0 Å². The van der Waals surface area contributed by atoms with Gasteiger partial charge in [0.15, 0.2) is 0 Å². The fraction of sp³-hybridized carbons (Fsp3) is 0. The fourth-order valence-corrected chi connectivity index (χ4v) is 1.78. The first kappa shape index (κ1) is 9.08. The third kappa shape index (κ3) is 1.26. The molecule has 1 heterocycles. The lowest BCUT2D eigenvalue weighted by molar-refractivity contribution is 0.0700. The Labute approximate surface area is 87.9 Å². The zero-order valence-corrected chi connectivity index (χ0v) is 8.63. The average molecular weight is 255 g/mol. The second-order valence-electron chi connectivity index (χ2n) is 2.91. The molecule has 0 unspecified atom stereocenters. The average Bonchev–Trinajstić information content (AvgIpc) is 2.39. The van der Waals surface area contributed by atoms with Crippen LogP contribution >= 0.6 is 15.9 Å². The summed E-state index contributed by atoms with van der Waals surface area (Å²) in [7, 11) is 0. The van der Waals surface area contributed by atoms with Gasteiger partial charge in [0.2, 0.25) is 0 Å². The van der Waals surface area contributed by atoms with Gasteiger partial charge < -0.3 is 15.8 Å². The van der Waals surface area contributed by atoms with Crippen molar-refractivity contribution >= 4 is 38.6 Å². The number of carbonyl (C=O) groups is 1. The largest absolute Gasteiger partial charge is 0.478 e. The van der Waals surface area contributed by atoms with Crippen molar-refractivity contribution in [1.29, 1.82) is 0 Å². The lowest BCUT2D eigenvalue weighted by atomic mass is 10.2. The van der Waals surface area contributed by atoms with Crippen LogP contribution in [0.1, 0.15) is 10.4 Å². The Balaban J connectivity index is 2.84. The number of H-pyrrole nitrogens is 1. The second-order valence-corrected chi connectivity index (χ2v) is 3.82. The summed E-state index contributed by atoms with van der Waals surface area (Å²) in [5.41, 5.74) is 6.40. The first-order valence-electron chi connectivity index (χ1n) is 3.89. The van der Waals surface area contributed by atoms with Crippen LogP contribution in [0, 0.1) is 0 Å². The van der Waals surface area contributed by atoms with Crippen LogP contribution in [0.4, 0.5) is 5.82 Å². The molecule has 5 heteroatoms. The van der Waals surface area contributed by atoms with E-state index in [-0.39, 0.29) is 11.4 Å². The molecule has 14 heavy (non-hydrogen) atoms. The number of carboxylic acid groups (broad SMARTS) is 1. The van der Waals surface area contributed by atoms with Crippen molar-refractivity contribution in [3.63, 3.8) is 0 Å². The van der Waals surface area contributed by atoms with Crippen molar-refractivity contribution in [2.45, 2.75) is 0 Å². The Morgan fingerprint density at radius 1 is 1.50 bits per heavy atom. The van der Waals surface area contributed by atoms with E-state index in [2.05, 4.69) is 20.9 Å². The lowest BCUT2D eigenvalue weighted by Crippen LogP contribution is -1.99. The van der Waals surface area contributed by atoms with E-state index in [1.54, 1.807) is 18.2 Å². The summed E-state index contributed by atoms with van der Waals surface area (Å²) in [6.45, 7) is 0. The van der Waals surface area contributed by atoms with E-state index in [1.807, 2.05) is 0 Å². The van der Waals surface area contributed by atoms with Crippen molar-refractivity contribution < 1.29 is 9.90 Å². The van der Waals surface area contributed by atoms with Gasteiger partial charge in [-0.05, 0) is 12.1 Å². The summed E-state index contributed by atoms with van der Waals surface area (Å²) in [4.78, 5) is 13.7. The molecule has 1 aromatic heterocycles. The number of carboxylic acids is 1. The molecule has 2 aromatic rings. The summed E-state index contributed by atoms with van der Waals surface area (Å²) < 4.78 is 0.878. The zero-order chi connectivity index (χ0) is 10.3. The van der Waals surface area contributed by atoms with Crippen LogP contribution in [0.25, 0.3) is 10.9 Å². The van der Waals surface area contributed by atoms with Gasteiger partial charge >= 0.3 is 5.97 Å². The molecular formula is C9H7BrN2O2. The van der Waals surface area contributed by atoms with Crippen LogP contribution in [0.15, 0.2) is 22.7 Å². The maximum Gasteiger partial charge on any atom is 0.340 e. The van der Waals surface area contributed by atoms with Gasteiger partial charge in [0.25, 0.3) is 0 Å². The number of nitrogen functional groups attached to an aromatic ring is 1. The fourth-order valence-electron chi connectivity index (χ4n) is 1.42. The number of aromatic carboxylic acids is 1. The van der Waals surface area contributed by atoms with Gasteiger partial charge in [0, 0.05) is 15.4 Å². The van der Waals surface area contributed by atoms with E-state index in [4.69, 9.17) is 10.8 Å². The molecule has 72 valence electrons. The molecule has 1 aromatic carbocycles. The van der Waals surface area contributed by atoms with E-state index in [1.165, 1.54) is 0 Å². The molecule has 0 saturated heterocycles. The van der Waals surface area contributed by atoms with Crippen LogP contribution in [-0.2, 0) is 0 Å². The highest BCUT2D eigenvalue weighted by atomic mass is 79.9. The molecule has 0 aliphatic heterocycles. The topological polar surface area (TPSA) is 79.1 Å². The number of aromatic amines is 1. The number of nitrogens with two attached hydrogens (primary N) is 1. The number of hydrogen-bond acceptors (Lipinski definition) is 2. The molecule has 0 saturated carbocycles. The smallest absolute Gasteiger partial charge is 0.340 e. The summed E-state index contributed by atoms with van der Waals surface area (Å²) in [6, 6.07) is 5.29. The zero-order valence-electron chi connectivity index (χ0n) is 7.04. The van der Waals surface area contributed by atoms with Gasteiger partial charge in [-0.3, -0.25) is 0 Å². The molecule has 4 N–H and O–H groups in total. The molecule has 0 bridgehead atoms. The minimum absolute atomic E-state index is 0.132. The number of aromatic nitrogens is 1. The van der Waals surface area contributed by atoms with Crippen LogP contribution in [0.3, 0.4) is 0 Å². The maximum absolute atomic E-state index is 10.9. The first-order chi connectivity index (χ1) is 6.59. The molecule has 0 amide bonds. The molecule has 0 aliphatic rings. The predicted octanol–water partition coefficient (Wildman–Crippen LogP) is 2.21. The summed E-state index contributed by atoms with van der Waals surface area (Å²) in [6.07, 6.45) is 0. The van der Waals surface area contributed by atoms with Crippen LogP contribution in [0.5, 0.6) is 0 Å². The van der Waals surface area contributed by atoms with Crippen molar-refractivity contribution in [2.24, 2.45) is 0 Å². The Kier molecular flexibility index (Phi) is 1.96. The molecule has 0 aliphatic carbocycles. The molecule has 4 nitrogen and oxygen atoms in total. The SMILES string of the molecule is Nc1[nH]c2cc(Br)ccc2c1C(=O)O. The molecular weight excluding hydrogens is 248 g/mol. The maximum atomic E-state index is 10.9. The molecule has 0 radical (unpaired) electrons. The summed E-state index contributed by atoms with van der Waals surface area (Å²) in [5, 5.41) is 9.53. The Morgan fingerprint density at radius 3 is 2.86 bits per heavy atom. The van der Waals surface area contributed by atoms with E-state index < -0.39 is 5.97 Å². The van der Waals surface area contributed by atoms with Gasteiger partial charge in [-0.25, -0.2) is 4.79 Å². The highest BCUT2D eigenvalue weighted by molar-refractivity contribution is 9.10. The lowest BCUT2D eigenvalue weighted by Gasteiger charge is -1.93. The Hall–Kier alpha value is -1.49. The van der Waals surface area contributed by atoms with E-state index in [0.717, 1.165) is 4.47 Å². The summed E-state index contributed by atoms with van der Waals surface area (Å²) >= 11 is 3.30. The number of anilines is 1. The highest BCUT2D eigenvalue weighted by Crippen LogP contribution is 2.26. The third-order valence-electron chi connectivity index (χ3n) is 2.00. The van der Waals surface area contributed by atoms with Crippen LogP contribution < -0.4 is 5.73 Å². The second kappa shape index (κ2) is 3.02. The third-order valence-corrected chi connectivity index (χ3v) is 2.50. The normalized spacial score (nSPS) is 10.6. The number of nitrogens with one attached hydrogen (secondary N) is 1. The van der Waals surface area contributed by atoms with E-state index >= 15 is 0 Å². The van der Waals surface area contributed by atoms with Crippen molar-refractivity contribution in [1.82, 2.24) is 4.98 Å². The number of fused-ring (bicyclic) bond motifs is 1. The molecule has 0 fully saturated rings. The predicted molar refractivity (Wildman–Crippen MR) is 57.4 cm³/mol. The summed E-state index contributed by atoms with van der Waals surface area (Å²) in [5.74, 6) is -0.832. The first-order valence-corrected chi connectivity index (χ1v) is 4.69. The van der Waals surface area contributed by atoms with Crippen LogP contribution in [0.2, 0.25) is 0 Å².